The Labute approximate surface area is 47.5 Å². The zero-order valence-corrected chi connectivity index (χ0v) is 4.50. The number of aliphatic hydroxyl groups is 1. The molecular formula is C5H9NO2. The summed E-state index contributed by atoms with van der Waals surface area (Å²) in [6, 6.07) is 0.0326. The van der Waals surface area contributed by atoms with Crippen LogP contribution in [0.3, 0.4) is 0 Å². The molecule has 3 nitrogen and oxygen atoms in total. The summed E-state index contributed by atoms with van der Waals surface area (Å²) < 4.78 is 0. The first-order valence-electron chi connectivity index (χ1n) is 2.60. The van der Waals surface area contributed by atoms with Gasteiger partial charge in [-0.15, -0.1) is 0 Å². The highest BCUT2D eigenvalue weighted by molar-refractivity contribution is 5.64. The van der Waals surface area contributed by atoms with Gasteiger partial charge in [-0.05, 0) is 12.8 Å². The van der Waals surface area contributed by atoms with E-state index < -0.39 is 5.60 Å². The Hall–Kier alpha value is -0.410. The van der Waals surface area contributed by atoms with Crippen molar-refractivity contribution >= 4 is 6.29 Å². The molecule has 1 rings (SSSR count). The van der Waals surface area contributed by atoms with E-state index in [1.54, 1.807) is 0 Å². The third kappa shape index (κ3) is 0.743. The van der Waals surface area contributed by atoms with Crippen molar-refractivity contribution in [3.8, 4) is 0 Å². The lowest BCUT2D eigenvalue weighted by Gasteiger charge is -2.36. The van der Waals surface area contributed by atoms with E-state index in [0.717, 1.165) is 0 Å². The molecule has 0 atom stereocenters. The van der Waals surface area contributed by atoms with Crippen molar-refractivity contribution in [2.24, 2.45) is 5.73 Å². The van der Waals surface area contributed by atoms with Crippen LogP contribution in [0.1, 0.15) is 12.8 Å². The van der Waals surface area contributed by atoms with Crippen LogP contribution in [0.25, 0.3) is 0 Å². The minimum Gasteiger partial charge on any atom is -0.382 e. The van der Waals surface area contributed by atoms with Crippen molar-refractivity contribution in [3.63, 3.8) is 0 Å². The second kappa shape index (κ2) is 1.53. The number of hydrogen-bond donors (Lipinski definition) is 2. The summed E-state index contributed by atoms with van der Waals surface area (Å²) >= 11 is 0. The van der Waals surface area contributed by atoms with Gasteiger partial charge < -0.3 is 15.6 Å². The Morgan fingerprint density at radius 1 is 1.75 bits per heavy atom. The van der Waals surface area contributed by atoms with Gasteiger partial charge >= 0.3 is 0 Å². The second-order valence-corrected chi connectivity index (χ2v) is 2.39. The third-order valence-electron chi connectivity index (χ3n) is 1.45. The van der Waals surface area contributed by atoms with E-state index in [-0.39, 0.29) is 6.04 Å². The summed E-state index contributed by atoms with van der Waals surface area (Å²) in [7, 11) is 0. The summed E-state index contributed by atoms with van der Waals surface area (Å²) in [5, 5.41) is 8.94. The molecule has 3 heteroatoms. The maximum Gasteiger partial charge on any atom is 0.151 e. The molecule has 0 saturated heterocycles. The molecular weight excluding hydrogens is 106 g/mol. The lowest BCUT2D eigenvalue weighted by atomic mass is 9.77. The van der Waals surface area contributed by atoms with Gasteiger partial charge in [-0.2, -0.15) is 0 Å². The first-order valence-corrected chi connectivity index (χ1v) is 2.60. The summed E-state index contributed by atoms with van der Waals surface area (Å²) in [6.07, 6.45) is 1.42. The van der Waals surface area contributed by atoms with Crippen LogP contribution in [-0.2, 0) is 4.79 Å². The Balaban J connectivity index is 2.40. The lowest BCUT2D eigenvalue weighted by molar-refractivity contribution is -0.133. The highest BCUT2D eigenvalue weighted by atomic mass is 16.3. The topological polar surface area (TPSA) is 63.3 Å². The maximum atomic E-state index is 9.95. The molecule has 8 heavy (non-hydrogen) atoms. The van der Waals surface area contributed by atoms with Gasteiger partial charge in [-0.1, -0.05) is 0 Å². The molecule has 1 aliphatic carbocycles. The molecule has 0 aromatic carbocycles. The van der Waals surface area contributed by atoms with Crippen LogP contribution < -0.4 is 5.73 Å². The number of nitrogens with two attached hydrogens (primary N) is 1. The van der Waals surface area contributed by atoms with Crippen LogP contribution in [0.15, 0.2) is 0 Å². The van der Waals surface area contributed by atoms with Gasteiger partial charge in [0.1, 0.15) is 5.60 Å². The number of hydrogen-bond acceptors (Lipinski definition) is 3. The van der Waals surface area contributed by atoms with Crippen LogP contribution in [0, 0.1) is 0 Å². The Morgan fingerprint density at radius 3 is 2.38 bits per heavy atom. The Kier molecular flexibility index (Phi) is 1.10. The van der Waals surface area contributed by atoms with E-state index in [4.69, 9.17) is 10.8 Å². The predicted molar refractivity (Wildman–Crippen MR) is 28.2 cm³/mol. The van der Waals surface area contributed by atoms with E-state index in [1.165, 1.54) is 0 Å². The molecule has 0 aliphatic heterocycles. The van der Waals surface area contributed by atoms with E-state index in [2.05, 4.69) is 0 Å². The molecule has 0 aromatic rings. The SMILES string of the molecule is NC1CC(O)(C=O)C1. The van der Waals surface area contributed by atoms with Crippen molar-refractivity contribution in [3.05, 3.63) is 0 Å². The Morgan fingerprint density at radius 2 is 2.25 bits per heavy atom. The van der Waals surface area contributed by atoms with Crippen LogP contribution in [-0.4, -0.2) is 23.0 Å². The first kappa shape index (κ1) is 5.72. The van der Waals surface area contributed by atoms with Crippen molar-refractivity contribution in [1.29, 1.82) is 0 Å². The summed E-state index contributed by atoms with van der Waals surface area (Å²) in [6.45, 7) is 0. The molecule has 0 heterocycles. The highest BCUT2D eigenvalue weighted by Crippen LogP contribution is 2.27. The third-order valence-corrected chi connectivity index (χ3v) is 1.45. The van der Waals surface area contributed by atoms with Crippen LogP contribution >= 0.6 is 0 Å². The average molecular weight is 115 g/mol. The summed E-state index contributed by atoms with van der Waals surface area (Å²) in [4.78, 5) is 9.95. The van der Waals surface area contributed by atoms with E-state index in [0.29, 0.717) is 19.1 Å². The molecule has 0 amide bonds. The number of rotatable bonds is 1. The number of carbonyl (C=O) groups is 1. The molecule has 46 valence electrons. The molecule has 3 N–H and O–H groups in total. The lowest BCUT2D eigenvalue weighted by Crippen LogP contribution is -2.52. The van der Waals surface area contributed by atoms with Crippen LogP contribution in [0.2, 0.25) is 0 Å². The quantitative estimate of drug-likeness (QED) is 0.432. The van der Waals surface area contributed by atoms with Gasteiger partial charge in [0.15, 0.2) is 6.29 Å². The van der Waals surface area contributed by atoms with Crippen molar-refractivity contribution < 1.29 is 9.90 Å². The average Bonchev–Trinajstić information content (AvgIpc) is 1.63. The maximum absolute atomic E-state index is 9.95. The monoisotopic (exact) mass is 115 g/mol. The standard InChI is InChI=1S/C5H9NO2/c6-4-1-5(8,2-4)3-7/h3-4,8H,1-2,6H2. The van der Waals surface area contributed by atoms with Crippen molar-refractivity contribution in [2.45, 2.75) is 24.5 Å². The Bertz CT molecular complexity index is 107. The molecule has 0 bridgehead atoms. The fraction of sp³-hybridized carbons (Fsp3) is 0.800. The van der Waals surface area contributed by atoms with Gasteiger partial charge in [0.25, 0.3) is 0 Å². The van der Waals surface area contributed by atoms with Gasteiger partial charge in [0, 0.05) is 6.04 Å². The summed E-state index contributed by atoms with van der Waals surface area (Å²) in [5.41, 5.74) is 4.24. The fourth-order valence-electron chi connectivity index (χ4n) is 0.944. The molecule has 1 fully saturated rings. The largest absolute Gasteiger partial charge is 0.382 e. The number of carbonyl (C=O) groups excluding carboxylic acids is 1. The van der Waals surface area contributed by atoms with E-state index in [1.807, 2.05) is 0 Å². The zero-order valence-electron chi connectivity index (χ0n) is 4.50. The minimum atomic E-state index is -1.07. The van der Waals surface area contributed by atoms with E-state index in [9.17, 15) is 4.79 Å². The van der Waals surface area contributed by atoms with Gasteiger partial charge in [0.05, 0.1) is 0 Å². The molecule has 0 radical (unpaired) electrons. The normalized spacial score (nSPS) is 45.5. The minimum absolute atomic E-state index is 0.0326. The predicted octanol–water partition coefficient (Wildman–Crippen LogP) is -0.963. The van der Waals surface area contributed by atoms with Gasteiger partial charge in [-0.25, -0.2) is 0 Å². The van der Waals surface area contributed by atoms with Gasteiger partial charge in [-0.3, -0.25) is 0 Å². The summed E-state index contributed by atoms with van der Waals surface area (Å²) in [5.74, 6) is 0. The number of aldehydes is 1. The van der Waals surface area contributed by atoms with E-state index >= 15 is 0 Å². The second-order valence-electron chi connectivity index (χ2n) is 2.39. The molecule has 1 aliphatic rings. The zero-order chi connectivity index (χ0) is 6.20. The van der Waals surface area contributed by atoms with Crippen LogP contribution in [0.4, 0.5) is 0 Å². The van der Waals surface area contributed by atoms with Crippen molar-refractivity contribution in [2.75, 3.05) is 0 Å². The first-order chi connectivity index (χ1) is 3.66. The van der Waals surface area contributed by atoms with Crippen molar-refractivity contribution in [1.82, 2.24) is 0 Å². The molecule has 1 saturated carbocycles. The molecule has 0 spiro atoms. The molecule has 0 unspecified atom stereocenters. The van der Waals surface area contributed by atoms with Gasteiger partial charge in [0.2, 0.25) is 0 Å². The van der Waals surface area contributed by atoms with Crippen LogP contribution in [0.5, 0.6) is 0 Å². The smallest absolute Gasteiger partial charge is 0.151 e. The fourth-order valence-corrected chi connectivity index (χ4v) is 0.944. The molecule has 0 aromatic heterocycles. The highest BCUT2D eigenvalue weighted by Gasteiger charge is 2.40.